The molecule has 5 nitrogen and oxygen atoms in total. The standard InChI is InChI=1S/C13H21N3O2/c1-2-18-12-5-3-4-11(15-12)16-13(10-14)6-8-17-9-7-13/h3-5H,2,6-10,14H2,1H3,(H,15,16). The highest BCUT2D eigenvalue weighted by molar-refractivity contribution is 5.40. The van der Waals surface area contributed by atoms with Crippen LogP contribution in [0.3, 0.4) is 0 Å². The molecule has 1 saturated heterocycles. The predicted octanol–water partition coefficient (Wildman–Crippen LogP) is 1.40. The minimum atomic E-state index is -0.101. The zero-order chi connectivity index (χ0) is 12.8. The quantitative estimate of drug-likeness (QED) is 0.828. The third-order valence-corrected chi connectivity index (χ3v) is 3.25. The van der Waals surface area contributed by atoms with Crippen molar-refractivity contribution >= 4 is 5.82 Å². The maximum atomic E-state index is 5.91. The van der Waals surface area contributed by atoms with Gasteiger partial charge in [-0.25, -0.2) is 0 Å². The molecule has 1 aliphatic heterocycles. The highest BCUT2D eigenvalue weighted by atomic mass is 16.5. The van der Waals surface area contributed by atoms with E-state index in [-0.39, 0.29) is 5.54 Å². The van der Waals surface area contributed by atoms with Gasteiger partial charge in [0.1, 0.15) is 5.82 Å². The maximum Gasteiger partial charge on any atom is 0.215 e. The van der Waals surface area contributed by atoms with Gasteiger partial charge in [-0.2, -0.15) is 4.98 Å². The van der Waals surface area contributed by atoms with E-state index in [9.17, 15) is 0 Å². The lowest BCUT2D eigenvalue weighted by molar-refractivity contribution is 0.0627. The van der Waals surface area contributed by atoms with Crippen LogP contribution >= 0.6 is 0 Å². The number of ether oxygens (including phenoxy) is 2. The Kier molecular flexibility index (Phi) is 4.38. The summed E-state index contributed by atoms with van der Waals surface area (Å²) in [6.07, 6.45) is 1.81. The topological polar surface area (TPSA) is 69.4 Å². The third kappa shape index (κ3) is 3.11. The fourth-order valence-electron chi connectivity index (χ4n) is 2.13. The summed E-state index contributed by atoms with van der Waals surface area (Å²) in [5.74, 6) is 1.45. The Morgan fingerprint density at radius 1 is 1.44 bits per heavy atom. The third-order valence-electron chi connectivity index (χ3n) is 3.25. The van der Waals surface area contributed by atoms with Gasteiger partial charge in [-0.1, -0.05) is 6.07 Å². The number of nitrogens with two attached hydrogens (primary N) is 1. The molecule has 1 fully saturated rings. The van der Waals surface area contributed by atoms with Crippen LogP contribution in [0.15, 0.2) is 18.2 Å². The number of nitrogens with zero attached hydrogens (tertiary/aromatic N) is 1. The van der Waals surface area contributed by atoms with Crippen molar-refractivity contribution in [2.75, 3.05) is 31.7 Å². The van der Waals surface area contributed by atoms with E-state index < -0.39 is 0 Å². The van der Waals surface area contributed by atoms with Gasteiger partial charge >= 0.3 is 0 Å². The lowest BCUT2D eigenvalue weighted by Crippen LogP contribution is -2.49. The van der Waals surface area contributed by atoms with Crippen LogP contribution in [0.2, 0.25) is 0 Å². The highest BCUT2D eigenvalue weighted by Crippen LogP contribution is 2.25. The van der Waals surface area contributed by atoms with Crippen molar-refractivity contribution in [2.24, 2.45) is 5.73 Å². The van der Waals surface area contributed by atoms with Crippen LogP contribution in [-0.2, 0) is 4.74 Å². The largest absolute Gasteiger partial charge is 0.478 e. The molecule has 0 unspecified atom stereocenters. The fraction of sp³-hybridized carbons (Fsp3) is 0.615. The first-order chi connectivity index (χ1) is 8.78. The summed E-state index contributed by atoms with van der Waals surface area (Å²) in [6.45, 7) is 4.63. The van der Waals surface area contributed by atoms with Gasteiger partial charge < -0.3 is 20.5 Å². The number of hydrogen-bond donors (Lipinski definition) is 2. The average molecular weight is 251 g/mol. The number of nitrogens with one attached hydrogen (secondary N) is 1. The van der Waals surface area contributed by atoms with E-state index in [2.05, 4.69) is 10.3 Å². The van der Waals surface area contributed by atoms with Crippen molar-refractivity contribution in [3.8, 4) is 5.88 Å². The SMILES string of the molecule is CCOc1cccc(NC2(CN)CCOCC2)n1. The second-order valence-electron chi connectivity index (χ2n) is 4.52. The van der Waals surface area contributed by atoms with Crippen LogP contribution in [-0.4, -0.2) is 36.9 Å². The first-order valence-electron chi connectivity index (χ1n) is 6.44. The van der Waals surface area contributed by atoms with Gasteiger partial charge in [-0.3, -0.25) is 0 Å². The summed E-state index contributed by atoms with van der Waals surface area (Å²) in [5, 5.41) is 3.45. The average Bonchev–Trinajstić information content (AvgIpc) is 2.41. The molecule has 100 valence electrons. The Morgan fingerprint density at radius 2 is 2.22 bits per heavy atom. The van der Waals surface area contributed by atoms with E-state index in [1.165, 1.54) is 0 Å². The molecule has 2 rings (SSSR count). The van der Waals surface area contributed by atoms with Gasteiger partial charge in [0.25, 0.3) is 0 Å². The van der Waals surface area contributed by atoms with E-state index in [0.717, 1.165) is 31.9 Å². The predicted molar refractivity (Wildman–Crippen MR) is 70.9 cm³/mol. The van der Waals surface area contributed by atoms with Gasteiger partial charge in [-0.05, 0) is 25.8 Å². The first kappa shape index (κ1) is 13.1. The van der Waals surface area contributed by atoms with Gasteiger partial charge in [-0.15, -0.1) is 0 Å². The molecule has 0 atom stereocenters. The molecule has 18 heavy (non-hydrogen) atoms. The van der Waals surface area contributed by atoms with Gasteiger partial charge in [0, 0.05) is 25.8 Å². The van der Waals surface area contributed by atoms with Crippen LogP contribution in [0.25, 0.3) is 0 Å². The number of aromatic nitrogens is 1. The summed E-state index contributed by atoms with van der Waals surface area (Å²) in [7, 11) is 0. The van der Waals surface area contributed by atoms with E-state index in [4.69, 9.17) is 15.2 Å². The van der Waals surface area contributed by atoms with E-state index in [1.54, 1.807) is 0 Å². The zero-order valence-corrected chi connectivity index (χ0v) is 10.8. The summed E-state index contributed by atoms with van der Waals surface area (Å²) in [5.41, 5.74) is 5.80. The molecule has 0 aliphatic carbocycles. The second kappa shape index (κ2) is 6.02. The normalized spacial score (nSPS) is 18.3. The molecule has 0 saturated carbocycles. The summed E-state index contributed by atoms with van der Waals surface area (Å²) >= 11 is 0. The zero-order valence-electron chi connectivity index (χ0n) is 10.8. The Hall–Kier alpha value is -1.33. The van der Waals surface area contributed by atoms with Crippen LogP contribution in [0.1, 0.15) is 19.8 Å². The maximum absolute atomic E-state index is 5.91. The number of hydrogen-bond acceptors (Lipinski definition) is 5. The number of pyridine rings is 1. The van der Waals surface area contributed by atoms with Crippen molar-refractivity contribution in [3.63, 3.8) is 0 Å². The lowest BCUT2D eigenvalue weighted by Gasteiger charge is -2.37. The van der Waals surface area contributed by atoms with E-state index in [1.807, 2.05) is 25.1 Å². The lowest BCUT2D eigenvalue weighted by atomic mass is 9.90. The van der Waals surface area contributed by atoms with Gasteiger partial charge in [0.2, 0.25) is 5.88 Å². The highest BCUT2D eigenvalue weighted by Gasteiger charge is 2.31. The molecule has 0 aromatic carbocycles. The van der Waals surface area contributed by atoms with Crippen LogP contribution in [0, 0.1) is 0 Å². The van der Waals surface area contributed by atoms with E-state index >= 15 is 0 Å². The Balaban J connectivity index is 2.08. The van der Waals surface area contributed by atoms with Crippen molar-refractivity contribution in [1.82, 2.24) is 4.98 Å². The molecular formula is C13H21N3O2. The van der Waals surface area contributed by atoms with Crippen LogP contribution < -0.4 is 15.8 Å². The van der Waals surface area contributed by atoms with Crippen LogP contribution in [0.5, 0.6) is 5.88 Å². The van der Waals surface area contributed by atoms with Crippen molar-refractivity contribution in [2.45, 2.75) is 25.3 Å². The Morgan fingerprint density at radius 3 is 2.89 bits per heavy atom. The molecule has 1 aromatic heterocycles. The molecule has 1 aromatic rings. The molecule has 0 amide bonds. The molecule has 0 spiro atoms. The molecule has 1 aliphatic rings. The number of rotatable bonds is 5. The molecule has 0 bridgehead atoms. The molecule has 3 N–H and O–H groups in total. The first-order valence-corrected chi connectivity index (χ1v) is 6.44. The van der Waals surface area contributed by atoms with Crippen molar-refractivity contribution in [1.29, 1.82) is 0 Å². The molecule has 0 radical (unpaired) electrons. The Labute approximate surface area is 108 Å². The van der Waals surface area contributed by atoms with Crippen molar-refractivity contribution in [3.05, 3.63) is 18.2 Å². The smallest absolute Gasteiger partial charge is 0.215 e. The fourth-order valence-corrected chi connectivity index (χ4v) is 2.13. The summed E-state index contributed by atoms with van der Waals surface area (Å²) in [6, 6.07) is 5.73. The second-order valence-corrected chi connectivity index (χ2v) is 4.52. The van der Waals surface area contributed by atoms with Gasteiger partial charge in [0.15, 0.2) is 0 Å². The Bertz CT molecular complexity index is 378. The van der Waals surface area contributed by atoms with Gasteiger partial charge in [0.05, 0.1) is 12.1 Å². The molecular weight excluding hydrogens is 230 g/mol. The minimum absolute atomic E-state index is 0.101. The minimum Gasteiger partial charge on any atom is -0.478 e. The molecule has 5 heteroatoms. The number of anilines is 1. The monoisotopic (exact) mass is 251 g/mol. The van der Waals surface area contributed by atoms with Crippen LogP contribution in [0.4, 0.5) is 5.82 Å². The summed E-state index contributed by atoms with van der Waals surface area (Å²) < 4.78 is 10.8. The van der Waals surface area contributed by atoms with Crippen molar-refractivity contribution < 1.29 is 9.47 Å². The summed E-state index contributed by atoms with van der Waals surface area (Å²) in [4.78, 5) is 4.42. The molecule has 2 heterocycles. The van der Waals surface area contributed by atoms with E-state index in [0.29, 0.717) is 19.0 Å².